The van der Waals surface area contributed by atoms with Gasteiger partial charge in [0.05, 0.1) is 6.20 Å². The number of H-pyrrole nitrogens is 1. The van der Waals surface area contributed by atoms with E-state index in [4.69, 9.17) is 0 Å². The van der Waals surface area contributed by atoms with Crippen molar-refractivity contribution in [1.29, 1.82) is 0 Å². The Bertz CT molecular complexity index is 504. The SMILES string of the molecule is CCC(NS(=O)(=O)c1cnc(C)[nH]1)C1CCCCC1. The van der Waals surface area contributed by atoms with Gasteiger partial charge >= 0.3 is 0 Å². The minimum Gasteiger partial charge on any atom is -0.332 e. The Labute approximate surface area is 115 Å². The average molecular weight is 285 g/mol. The van der Waals surface area contributed by atoms with E-state index in [1.54, 1.807) is 6.92 Å². The highest BCUT2D eigenvalue weighted by atomic mass is 32.2. The summed E-state index contributed by atoms with van der Waals surface area (Å²) in [4.78, 5) is 6.74. The lowest BCUT2D eigenvalue weighted by molar-refractivity contribution is 0.285. The van der Waals surface area contributed by atoms with E-state index < -0.39 is 10.0 Å². The maximum atomic E-state index is 12.3. The fourth-order valence-electron chi connectivity index (χ4n) is 2.85. The Morgan fingerprint density at radius 2 is 2.11 bits per heavy atom. The molecule has 0 amide bonds. The number of nitrogens with zero attached hydrogens (tertiary/aromatic N) is 1. The van der Waals surface area contributed by atoms with Crippen LogP contribution in [0.5, 0.6) is 0 Å². The Balaban J connectivity index is 2.08. The molecule has 0 radical (unpaired) electrons. The zero-order valence-corrected chi connectivity index (χ0v) is 12.5. The maximum Gasteiger partial charge on any atom is 0.257 e. The van der Waals surface area contributed by atoms with Gasteiger partial charge in [0.15, 0.2) is 5.03 Å². The van der Waals surface area contributed by atoms with Crippen molar-refractivity contribution in [3.8, 4) is 0 Å². The van der Waals surface area contributed by atoms with E-state index >= 15 is 0 Å². The smallest absolute Gasteiger partial charge is 0.257 e. The molecule has 1 saturated carbocycles. The predicted molar refractivity (Wildman–Crippen MR) is 74.3 cm³/mol. The van der Waals surface area contributed by atoms with Crippen molar-refractivity contribution in [2.75, 3.05) is 0 Å². The molecule has 5 nitrogen and oxygen atoms in total. The van der Waals surface area contributed by atoms with Gasteiger partial charge in [-0.3, -0.25) is 0 Å². The predicted octanol–water partition coefficient (Wildman–Crippen LogP) is 2.36. The van der Waals surface area contributed by atoms with Gasteiger partial charge in [0.2, 0.25) is 0 Å². The Kier molecular flexibility index (Phi) is 4.62. The molecule has 1 atom stereocenters. The van der Waals surface area contributed by atoms with E-state index in [1.807, 2.05) is 6.92 Å². The lowest BCUT2D eigenvalue weighted by atomic mass is 9.83. The van der Waals surface area contributed by atoms with Gasteiger partial charge in [0.1, 0.15) is 5.82 Å². The first-order valence-corrected chi connectivity index (χ1v) is 8.55. The summed E-state index contributed by atoms with van der Waals surface area (Å²) >= 11 is 0. The molecular weight excluding hydrogens is 262 g/mol. The molecule has 19 heavy (non-hydrogen) atoms. The topological polar surface area (TPSA) is 74.8 Å². The summed E-state index contributed by atoms with van der Waals surface area (Å²) in [6.45, 7) is 3.79. The fraction of sp³-hybridized carbons (Fsp3) is 0.769. The van der Waals surface area contributed by atoms with Crippen molar-refractivity contribution in [3.63, 3.8) is 0 Å². The van der Waals surface area contributed by atoms with Crippen LogP contribution in [-0.4, -0.2) is 24.4 Å². The Morgan fingerprint density at radius 1 is 1.42 bits per heavy atom. The highest BCUT2D eigenvalue weighted by Gasteiger charge is 2.27. The molecular formula is C13H23N3O2S. The highest BCUT2D eigenvalue weighted by molar-refractivity contribution is 7.89. The van der Waals surface area contributed by atoms with E-state index in [0.29, 0.717) is 11.7 Å². The van der Waals surface area contributed by atoms with E-state index in [-0.39, 0.29) is 11.1 Å². The third-order valence-corrected chi connectivity index (χ3v) is 5.33. The molecule has 1 heterocycles. The molecule has 1 aromatic rings. The van der Waals surface area contributed by atoms with Gasteiger partial charge < -0.3 is 4.98 Å². The minimum absolute atomic E-state index is 0.0360. The number of rotatable bonds is 5. The molecule has 0 spiro atoms. The summed E-state index contributed by atoms with van der Waals surface area (Å²) in [5, 5.41) is 0.166. The summed E-state index contributed by atoms with van der Waals surface area (Å²) in [5.41, 5.74) is 0. The van der Waals surface area contributed by atoms with Gasteiger partial charge in [-0.25, -0.2) is 18.1 Å². The summed E-state index contributed by atoms with van der Waals surface area (Å²) in [5.74, 6) is 1.09. The van der Waals surface area contributed by atoms with Crippen molar-refractivity contribution in [2.45, 2.75) is 63.4 Å². The number of aryl methyl sites for hydroxylation is 1. The first-order valence-electron chi connectivity index (χ1n) is 7.07. The van der Waals surface area contributed by atoms with Gasteiger partial charge in [0.25, 0.3) is 10.0 Å². The second kappa shape index (κ2) is 6.05. The van der Waals surface area contributed by atoms with E-state index in [1.165, 1.54) is 25.5 Å². The molecule has 2 rings (SSSR count). The number of hydrogen-bond donors (Lipinski definition) is 2. The normalized spacial score (nSPS) is 19.5. The van der Waals surface area contributed by atoms with E-state index in [2.05, 4.69) is 14.7 Å². The number of nitrogens with one attached hydrogen (secondary N) is 2. The summed E-state index contributed by atoms with van der Waals surface area (Å²) in [6.07, 6.45) is 8.17. The van der Waals surface area contributed by atoms with Crippen LogP contribution < -0.4 is 4.72 Å². The second-order valence-corrected chi connectivity index (χ2v) is 7.05. The van der Waals surface area contributed by atoms with Crippen LogP contribution >= 0.6 is 0 Å². The molecule has 1 aliphatic rings. The van der Waals surface area contributed by atoms with Crippen LogP contribution in [-0.2, 0) is 10.0 Å². The monoisotopic (exact) mass is 285 g/mol. The number of aromatic nitrogens is 2. The summed E-state index contributed by atoms with van der Waals surface area (Å²) < 4.78 is 27.4. The van der Waals surface area contributed by atoms with Crippen LogP contribution in [0.1, 0.15) is 51.3 Å². The quantitative estimate of drug-likeness (QED) is 0.872. The Hall–Kier alpha value is -0.880. The van der Waals surface area contributed by atoms with Crippen molar-refractivity contribution in [1.82, 2.24) is 14.7 Å². The number of aromatic amines is 1. The molecule has 1 unspecified atom stereocenters. The second-order valence-electron chi connectivity index (χ2n) is 5.37. The van der Waals surface area contributed by atoms with Gasteiger partial charge in [-0.15, -0.1) is 0 Å². The van der Waals surface area contributed by atoms with Gasteiger partial charge in [0, 0.05) is 6.04 Å². The van der Waals surface area contributed by atoms with Gasteiger partial charge in [-0.2, -0.15) is 0 Å². The highest BCUT2D eigenvalue weighted by Crippen LogP contribution is 2.28. The van der Waals surface area contributed by atoms with Crippen LogP contribution in [0.3, 0.4) is 0 Å². The van der Waals surface area contributed by atoms with Crippen LogP contribution in [0.15, 0.2) is 11.2 Å². The third kappa shape index (κ3) is 3.57. The molecule has 0 saturated heterocycles. The average Bonchev–Trinajstić information content (AvgIpc) is 2.85. The molecule has 1 aromatic heterocycles. The van der Waals surface area contributed by atoms with E-state index in [9.17, 15) is 8.42 Å². The van der Waals surface area contributed by atoms with Crippen LogP contribution in [0, 0.1) is 12.8 Å². The van der Waals surface area contributed by atoms with Gasteiger partial charge in [-0.05, 0) is 32.1 Å². The van der Waals surface area contributed by atoms with Crippen molar-refractivity contribution in [2.24, 2.45) is 5.92 Å². The molecule has 108 valence electrons. The zero-order valence-electron chi connectivity index (χ0n) is 11.6. The maximum absolute atomic E-state index is 12.3. The summed E-state index contributed by atoms with van der Waals surface area (Å²) in [6, 6.07) is 0.0360. The molecule has 0 aromatic carbocycles. The standard InChI is InChI=1S/C13H23N3O2S/c1-3-12(11-7-5-4-6-8-11)16-19(17,18)13-9-14-10(2)15-13/h9,11-12,16H,3-8H2,1-2H3,(H,14,15). The van der Waals surface area contributed by atoms with Crippen LogP contribution in [0.4, 0.5) is 0 Å². The number of hydrogen-bond acceptors (Lipinski definition) is 3. The van der Waals surface area contributed by atoms with Crippen molar-refractivity contribution >= 4 is 10.0 Å². The Morgan fingerprint density at radius 3 is 2.63 bits per heavy atom. The van der Waals surface area contributed by atoms with E-state index in [0.717, 1.165) is 19.3 Å². The lowest BCUT2D eigenvalue weighted by Crippen LogP contribution is -2.40. The first-order chi connectivity index (χ1) is 9.03. The largest absolute Gasteiger partial charge is 0.332 e. The third-order valence-electron chi connectivity index (χ3n) is 3.93. The van der Waals surface area contributed by atoms with Crippen LogP contribution in [0.25, 0.3) is 0 Å². The van der Waals surface area contributed by atoms with Gasteiger partial charge in [-0.1, -0.05) is 26.2 Å². The molecule has 2 N–H and O–H groups in total. The molecule has 1 aliphatic carbocycles. The molecule has 0 bridgehead atoms. The van der Waals surface area contributed by atoms with Crippen LogP contribution in [0.2, 0.25) is 0 Å². The summed E-state index contributed by atoms with van der Waals surface area (Å²) in [7, 11) is -3.47. The zero-order chi connectivity index (χ0) is 13.9. The molecule has 0 aliphatic heterocycles. The van der Waals surface area contributed by atoms with Crippen molar-refractivity contribution in [3.05, 3.63) is 12.0 Å². The first kappa shape index (κ1) is 14.5. The van der Waals surface area contributed by atoms with Crippen molar-refractivity contribution < 1.29 is 8.42 Å². The minimum atomic E-state index is -3.47. The number of sulfonamides is 1. The molecule has 6 heteroatoms. The fourth-order valence-corrected chi connectivity index (χ4v) is 4.21. The lowest BCUT2D eigenvalue weighted by Gasteiger charge is -2.29. The molecule has 1 fully saturated rings. The number of imidazole rings is 1.